The molecule has 0 aliphatic heterocycles. The average molecular weight is 339 g/mol. The van der Waals surface area contributed by atoms with Gasteiger partial charge in [0.05, 0.1) is 5.69 Å². The molecule has 5 nitrogen and oxygen atoms in total. The minimum Gasteiger partial charge on any atom is -0.441 e. The first kappa shape index (κ1) is 16.7. The predicted octanol–water partition coefficient (Wildman–Crippen LogP) is 4.42. The van der Waals surface area contributed by atoms with E-state index in [1.807, 2.05) is 26.0 Å². The molecule has 0 aliphatic carbocycles. The maximum atomic E-state index is 12.9. The lowest BCUT2D eigenvalue weighted by Crippen LogP contribution is -2.28. The molecule has 128 valence electrons. The highest BCUT2D eigenvalue weighted by Crippen LogP contribution is 2.24. The Bertz CT molecular complexity index is 868. The molecular weight excluding hydrogens is 321 g/mol. The van der Waals surface area contributed by atoms with Gasteiger partial charge in [-0.15, -0.1) is 0 Å². The van der Waals surface area contributed by atoms with E-state index in [1.54, 1.807) is 24.3 Å². The highest BCUT2D eigenvalue weighted by Gasteiger charge is 2.09. The summed E-state index contributed by atoms with van der Waals surface area (Å²) < 4.78 is 18.5. The van der Waals surface area contributed by atoms with Crippen LogP contribution in [0.2, 0.25) is 0 Å². The van der Waals surface area contributed by atoms with E-state index in [2.05, 4.69) is 15.6 Å². The highest BCUT2D eigenvalue weighted by molar-refractivity contribution is 5.89. The van der Waals surface area contributed by atoms with Gasteiger partial charge in [-0.3, -0.25) is 0 Å². The number of carbonyl (C=O) groups is 1. The molecule has 2 aromatic carbocycles. The number of carbonyl (C=O) groups excluding carboxylic acids is 1. The van der Waals surface area contributed by atoms with Gasteiger partial charge in [0, 0.05) is 17.8 Å². The van der Waals surface area contributed by atoms with Gasteiger partial charge in [-0.2, -0.15) is 0 Å². The third-order valence-corrected chi connectivity index (χ3v) is 3.76. The molecule has 0 saturated carbocycles. The molecule has 0 bridgehead atoms. The molecule has 0 radical (unpaired) electrons. The zero-order chi connectivity index (χ0) is 17.8. The van der Waals surface area contributed by atoms with Crippen molar-refractivity contribution in [1.29, 1.82) is 0 Å². The molecule has 1 aromatic heterocycles. The molecule has 25 heavy (non-hydrogen) atoms. The molecule has 1 heterocycles. The standard InChI is InChI=1S/C19H18FN3O2/c1-12-13(2)25-18(22-12)15-4-3-5-17(10-15)23-19(24)21-11-14-6-8-16(20)9-7-14/h3-10H,11H2,1-2H3,(H2,21,23,24). The largest absolute Gasteiger partial charge is 0.441 e. The zero-order valence-electron chi connectivity index (χ0n) is 14.0. The normalized spacial score (nSPS) is 10.5. The summed E-state index contributed by atoms with van der Waals surface area (Å²) in [6, 6.07) is 12.9. The van der Waals surface area contributed by atoms with E-state index in [0.29, 0.717) is 18.1 Å². The number of nitrogens with one attached hydrogen (secondary N) is 2. The fourth-order valence-electron chi connectivity index (χ4n) is 2.29. The second-order valence-electron chi connectivity index (χ2n) is 5.68. The minimum atomic E-state index is -0.346. The number of urea groups is 1. The fraction of sp³-hybridized carbons (Fsp3) is 0.158. The number of hydrogen-bond donors (Lipinski definition) is 2. The molecule has 0 fully saturated rings. The summed E-state index contributed by atoms with van der Waals surface area (Å²) in [5.41, 5.74) is 3.07. The van der Waals surface area contributed by atoms with E-state index in [9.17, 15) is 9.18 Å². The molecule has 2 N–H and O–H groups in total. The van der Waals surface area contributed by atoms with Crippen LogP contribution in [0.25, 0.3) is 11.5 Å². The van der Waals surface area contributed by atoms with Gasteiger partial charge in [-0.05, 0) is 49.7 Å². The molecule has 0 aliphatic rings. The number of hydrogen-bond acceptors (Lipinski definition) is 3. The van der Waals surface area contributed by atoms with Crippen LogP contribution < -0.4 is 10.6 Å². The number of aryl methyl sites for hydroxylation is 2. The third-order valence-electron chi connectivity index (χ3n) is 3.76. The summed E-state index contributed by atoms with van der Waals surface area (Å²) >= 11 is 0. The predicted molar refractivity (Wildman–Crippen MR) is 93.7 cm³/mol. The molecule has 0 saturated heterocycles. The summed E-state index contributed by atoms with van der Waals surface area (Å²) in [7, 11) is 0. The van der Waals surface area contributed by atoms with Gasteiger partial charge in [0.1, 0.15) is 11.6 Å². The first-order valence-electron chi connectivity index (χ1n) is 7.85. The van der Waals surface area contributed by atoms with Gasteiger partial charge in [0.15, 0.2) is 0 Å². The first-order valence-corrected chi connectivity index (χ1v) is 7.85. The number of halogens is 1. The Labute approximate surface area is 144 Å². The van der Waals surface area contributed by atoms with Crippen molar-refractivity contribution >= 4 is 11.7 Å². The third kappa shape index (κ3) is 4.23. The number of oxazole rings is 1. The Balaban J connectivity index is 1.63. The highest BCUT2D eigenvalue weighted by atomic mass is 19.1. The van der Waals surface area contributed by atoms with Crippen LogP contribution in [-0.4, -0.2) is 11.0 Å². The van der Waals surface area contributed by atoms with Crippen molar-refractivity contribution in [2.24, 2.45) is 0 Å². The lowest BCUT2D eigenvalue weighted by atomic mass is 10.2. The van der Waals surface area contributed by atoms with Crippen molar-refractivity contribution in [2.75, 3.05) is 5.32 Å². The molecule has 0 atom stereocenters. The molecule has 0 spiro atoms. The average Bonchev–Trinajstić information content (AvgIpc) is 2.94. The van der Waals surface area contributed by atoms with Crippen molar-refractivity contribution < 1.29 is 13.6 Å². The SMILES string of the molecule is Cc1nc(-c2cccc(NC(=O)NCc3ccc(F)cc3)c2)oc1C. The van der Waals surface area contributed by atoms with Gasteiger partial charge in [0.25, 0.3) is 0 Å². The monoisotopic (exact) mass is 339 g/mol. The topological polar surface area (TPSA) is 67.2 Å². The van der Waals surface area contributed by atoms with Crippen LogP contribution >= 0.6 is 0 Å². The molecular formula is C19H18FN3O2. The second-order valence-corrected chi connectivity index (χ2v) is 5.68. The second kappa shape index (κ2) is 7.17. The maximum Gasteiger partial charge on any atom is 0.319 e. The summed E-state index contributed by atoms with van der Waals surface area (Å²) in [5.74, 6) is 0.984. The van der Waals surface area contributed by atoms with Gasteiger partial charge >= 0.3 is 6.03 Å². The van der Waals surface area contributed by atoms with Crippen LogP contribution in [0.4, 0.5) is 14.9 Å². The molecule has 6 heteroatoms. The van der Waals surface area contributed by atoms with E-state index < -0.39 is 0 Å². The van der Waals surface area contributed by atoms with Crippen molar-refractivity contribution in [3.8, 4) is 11.5 Å². The lowest BCUT2D eigenvalue weighted by Gasteiger charge is -2.08. The van der Waals surface area contributed by atoms with Crippen LogP contribution in [0.5, 0.6) is 0 Å². The number of benzene rings is 2. The van der Waals surface area contributed by atoms with Crippen molar-refractivity contribution in [2.45, 2.75) is 20.4 Å². The van der Waals surface area contributed by atoms with Crippen LogP contribution in [0.3, 0.4) is 0 Å². The Morgan fingerprint density at radius 2 is 1.92 bits per heavy atom. The number of nitrogens with zero attached hydrogens (tertiary/aromatic N) is 1. The van der Waals surface area contributed by atoms with Crippen LogP contribution in [0.1, 0.15) is 17.0 Å². The van der Waals surface area contributed by atoms with E-state index in [0.717, 1.165) is 22.6 Å². The van der Waals surface area contributed by atoms with Gasteiger partial charge in [-0.25, -0.2) is 14.2 Å². The van der Waals surface area contributed by atoms with Gasteiger partial charge in [-0.1, -0.05) is 18.2 Å². The van der Waals surface area contributed by atoms with Crippen LogP contribution in [0, 0.1) is 19.7 Å². The van der Waals surface area contributed by atoms with Gasteiger partial charge < -0.3 is 15.1 Å². The summed E-state index contributed by atoms with van der Waals surface area (Å²) in [5, 5.41) is 5.49. The summed E-state index contributed by atoms with van der Waals surface area (Å²) in [6.45, 7) is 4.05. The van der Waals surface area contributed by atoms with Crippen LogP contribution in [-0.2, 0) is 6.54 Å². The minimum absolute atomic E-state index is 0.304. The number of anilines is 1. The lowest BCUT2D eigenvalue weighted by molar-refractivity contribution is 0.251. The molecule has 3 rings (SSSR count). The summed E-state index contributed by atoms with van der Waals surface area (Å²) in [4.78, 5) is 16.4. The quantitative estimate of drug-likeness (QED) is 0.739. The Morgan fingerprint density at radius 3 is 2.60 bits per heavy atom. The number of amides is 2. The fourth-order valence-corrected chi connectivity index (χ4v) is 2.29. The smallest absolute Gasteiger partial charge is 0.319 e. The van der Waals surface area contributed by atoms with Crippen LogP contribution in [0.15, 0.2) is 52.9 Å². The number of aromatic nitrogens is 1. The van der Waals surface area contributed by atoms with E-state index in [4.69, 9.17) is 4.42 Å². The molecule has 3 aromatic rings. The first-order chi connectivity index (χ1) is 12.0. The zero-order valence-corrected chi connectivity index (χ0v) is 14.0. The van der Waals surface area contributed by atoms with Crippen molar-refractivity contribution in [1.82, 2.24) is 10.3 Å². The molecule has 2 amide bonds. The van der Waals surface area contributed by atoms with E-state index in [-0.39, 0.29) is 11.8 Å². The number of rotatable bonds is 4. The Kier molecular flexibility index (Phi) is 4.79. The Morgan fingerprint density at radius 1 is 1.16 bits per heavy atom. The Hall–Kier alpha value is -3.15. The maximum absolute atomic E-state index is 12.9. The van der Waals surface area contributed by atoms with Crippen molar-refractivity contribution in [3.63, 3.8) is 0 Å². The van der Waals surface area contributed by atoms with Gasteiger partial charge in [0.2, 0.25) is 5.89 Å². The van der Waals surface area contributed by atoms with E-state index >= 15 is 0 Å². The van der Waals surface area contributed by atoms with Crippen molar-refractivity contribution in [3.05, 3.63) is 71.4 Å². The summed E-state index contributed by atoms with van der Waals surface area (Å²) in [6.07, 6.45) is 0. The molecule has 0 unspecified atom stereocenters. The van der Waals surface area contributed by atoms with E-state index in [1.165, 1.54) is 12.1 Å².